The van der Waals surface area contributed by atoms with Crippen molar-refractivity contribution in [1.29, 1.82) is 0 Å². The van der Waals surface area contributed by atoms with Crippen LogP contribution in [-0.2, 0) is 19.5 Å². The number of likely N-dealkylation sites (tertiary alicyclic amines) is 1. The minimum Gasteiger partial charge on any atom is -0.327 e. The van der Waals surface area contributed by atoms with E-state index in [4.69, 9.17) is 9.97 Å². The predicted molar refractivity (Wildman–Crippen MR) is 154 cm³/mol. The number of aromatic nitrogens is 3. The van der Waals surface area contributed by atoms with Crippen molar-refractivity contribution in [1.82, 2.24) is 24.3 Å². The fourth-order valence-electron chi connectivity index (χ4n) is 5.72. The van der Waals surface area contributed by atoms with Crippen molar-refractivity contribution in [3.8, 4) is 0 Å². The molecular formula is C29H40N6S. The molecule has 4 rings (SSSR count). The maximum absolute atomic E-state index is 5.03. The molecule has 1 saturated heterocycles. The summed E-state index contributed by atoms with van der Waals surface area (Å²) < 4.78 is 2.39. The van der Waals surface area contributed by atoms with Crippen LogP contribution >= 0.6 is 11.8 Å². The van der Waals surface area contributed by atoms with Gasteiger partial charge in [-0.25, -0.2) is 4.98 Å². The van der Waals surface area contributed by atoms with Crippen LogP contribution in [0.15, 0.2) is 49.3 Å². The number of rotatable bonds is 10. The summed E-state index contributed by atoms with van der Waals surface area (Å²) >= 11 is 1.71. The van der Waals surface area contributed by atoms with Crippen LogP contribution in [0.5, 0.6) is 0 Å². The van der Waals surface area contributed by atoms with E-state index in [1.807, 2.05) is 18.3 Å². The molecule has 0 unspecified atom stereocenters. The second kappa shape index (κ2) is 12.7. The zero-order valence-corrected chi connectivity index (χ0v) is 22.7. The molecule has 36 heavy (non-hydrogen) atoms. The number of thioether (sulfide) groups is 1. The van der Waals surface area contributed by atoms with Gasteiger partial charge in [0.2, 0.25) is 0 Å². The molecule has 1 aliphatic heterocycles. The first-order chi connectivity index (χ1) is 17.6. The van der Waals surface area contributed by atoms with E-state index in [-0.39, 0.29) is 0 Å². The van der Waals surface area contributed by atoms with Crippen molar-refractivity contribution >= 4 is 29.0 Å². The van der Waals surface area contributed by atoms with E-state index in [0.29, 0.717) is 12.0 Å². The lowest BCUT2D eigenvalue weighted by Crippen LogP contribution is -2.40. The summed E-state index contributed by atoms with van der Waals surface area (Å²) in [7, 11) is 2.21. The summed E-state index contributed by atoms with van der Waals surface area (Å²) in [5.41, 5.74) is 4.61. The molecule has 7 heteroatoms. The van der Waals surface area contributed by atoms with Gasteiger partial charge in [-0.05, 0) is 81.7 Å². The molecule has 3 heterocycles. The van der Waals surface area contributed by atoms with Crippen molar-refractivity contribution in [3.05, 3.63) is 72.7 Å². The van der Waals surface area contributed by atoms with Crippen molar-refractivity contribution in [3.63, 3.8) is 0 Å². The third kappa shape index (κ3) is 6.07. The number of nitrogens with zero attached hydrogens (tertiary/aromatic N) is 6. The molecule has 6 nitrogen and oxygen atoms in total. The molecule has 0 bridgehead atoms. The first-order valence-corrected chi connectivity index (χ1v) is 14.2. The highest BCUT2D eigenvalue weighted by Crippen LogP contribution is 2.33. The topological polar surface area (TPSA) is 49.6 Å². The Balaban J connectivity index is 1.53. The van der Waals surface area contributed by atoms with Gasteiger partial charge in [0.05, 0.1) is 34.7 Å². The lowest BCUT2D eigenvalue weighted by molar-refractivity contribution is 0.175. The number of imidazole rings is 1. The molecule has 0 radical (unpaired) electrons. The van der Waals surface area contributed by atoms with Crippen LogP contribution in [-0.4, -0.2) is 62.3 Å². The van der Waals surface area contributed by atoms with Crippen LogP contribution in [0, 0.1) is 5.92 Å². The fraction of sp³-hybridized carbons (Fsp3) is 0.483. The minimum atomic E-state index is 0.318. The predicted octanol–water partition coefficient (Wildman–Crippen LogP) is 5.69. The molecule has 0 amide bonds. The summed E-state index contributed by atoms with van der Waals surface area (Å²) in [6.45, 7) is 16.7. The van der Waals surface area contributed by atoms with E-state index < -0.39 is 0 Å². The molecule has 0 spiro atoms. The molecule has 1 fully saturated rings. The average Bonchev–Trinajstić information content (AvgIpc) is 3.23. The minimum absolute atomic E-state index is 0.318. The Morgan fingerprint density at radius 1 is 1.25 bits per heavy atom. The number of aryl methyl sites for hydroxylation is 1. The van der Waals surface area contributed by atoms with Gasteiger partial charge in [-0.1, -0.05) is 25.8 Å². The Morgan fingerprint density at radius 2 is 2.11 bits per heavy atom. The molecule has 2 aromatic rings. The van der Waals surface area contributed by atoms with Gasteiger partial charge in [0.25, 0.3) is 0 Å². The first-order valence-electron chi connectivity index (χ1n) is 13.0. The normalized spacial score (nSPS) is 20.8. The van der Waals surface area contributed by atoms with E-state index in [0.717, 1.165) is 67.8 Å². The molecule has 192 valence electrons. The molecule has 2 aromatic heterocycles. The van der Waals surface area contributed by atoms with E-state index >= 15 is 0 Å². The summed E-state index contributed by atoms with van der Waals surface area (Å²) in [6, 6.07) is 4.60. The maximum Gasteiger partial charge on any atom is 0.124 e. The number of hydrogen-bond acceptors (Lipinski definition) is 6. The van der Waals surface area contributed by atoms with E-state index in [9.17, 15) is 0 Å². The Kier molecular flexibility index (Phi) is 9.35. The van der Waals surface area contributed by atoms with Gasteiger partial charge in [-0.3, -0.25) is 19.8 Å². The highest BCUT2D eigenvalue weighted by molar-refractivity contribution is 8.13. The van der Waals surface area contributed by atoms with Crippen LogP contribution in [0.4, 0.5) is 0 Å². The van der Waals surface area contributed by atoms with Gasteiger partial charge in [0, 0.05) is 32.0 Å². The number of hydrogen-bond donors (Lipinski definition) is 0. The summed E-state index contributed by atoms with van der Waals surface area (Å²) in [6.07, 6.45) is 15.3. The number of piperidine rings is 1. The van der Waals surface area contributed by atoms with Crippen LogP contribution < -0.4 is 0 Å². The van der Waals surface area contributed by atoms with Crippen LogP contribution in [0.1, 0.15) is 60.2 Å². The van der Waals surface area contributed by atoms with Crippen LogP contribution in [0.2, 0.25) is 0 Å². The van der Waals surface area contributed by atoms with Gasteiger partial charge in [-0.15, -0.1) is 11.8 Å². The first kappa shape index (κ1) is 26.6. The van der Waals surface area contributed by atoms with Crippen LogP contribution in [0.25, 0.3) is 12.2 Å². The van der Waals surface area contributed by atoms with E-state index in [1.54, 1.807) is 18.0 Å². The summed E-state index contributed by atoms with van der Waals surface area (Å²) in [5, 5.41) is 1.12. The maximum atomic E-state index is 5.03. The number of fused-ring (bicyclic) bond motifs is 1. The zero-order chi connectivity index (χ0) is 25.5. The average molecular weight is 505 g/mol. The molecule has 0 saturated carbocycles. The van der Waals surface area contributed by atoms with Gasteiger partial charge in [0.15, 0.2) is 0 Å². The van der Waals surface area contributed by atoms with Gasteiger partial charge < -0.3 is 4.57 Å². The Bertz CT molecular complexity index is 1100. The summed E-state index contributed by atoms with van der Waals surface area (Å²) in [4.78, 5) is 19.2. The molecule has 1 aliphatic carbocycles. The Labute approximate surface area is 220 Å². The summed E-state index contributed by atoms with van der Waals surface area (Å²) in [5.74, 6) is 1.64. The quantitative estimate of drug-likeness (QED) is 0.307. The monoisotopic (exact) mass is 504 g/mol. The van der Waals surface area contributed by atoms with Gasteiger partial charge >= 0.3 is 0 Å². The third-order valence-electron chi connectivity index (χ3n) is 7.46. The second-order valence-corrected chi connectivity index (χ2v) is 10.7. The lowest BCUT2D eigenvalue weighted by Gasteiger charge is -2.34. The van der Waals surface area contributed by atoms with Gasteiger partial charge in [-0.2, -0.15) is 0 Å². The molecule has 2 atom stereocenters. The van der Waals surface area contributed by atoms with Crippen LogP contribution in [0.3, 0.4) is 0 Å². The van der Waals surface area contributed by atoms with E-state index in [1.165, 1.54) is 30.5 Å². The SMILES string of the molecule is C=CN=C(CN1CCC[C@H](Cn2c(CN(C)[C@H]3CCCc4cccnc43)nc(C=C)c2C=C)C1)SC. The van der Waals surface area contributed by atoms with Crippen molar-refractivity contribution < 1.29 is 0 Å². The Morgan fingerprint density at radius 3 is 2.86 bits per heavy atom. The number of pyridine rings is 1. The van der Waals surface area contributed by atoms with E-state index in [2.05, 4.69) is 64.5 Å². The van der Waals surface area contributed by atoms with Gasteiger partial charge in [0.1, 0.15) is 5.82 Å². The van der Waals surface area contributed by atoms with Crippen molar-refractivity contribution in [2.75, 3.05) is 32.9 Å². The Hall–Kier alpha value is -2.48. The second-order valence-electron chi connectivity index (χ2n) is 9.84. The molecular weight excluding hydrogens is 464 g/mol. The van der Waals surface area contributed by atoms with Crippen molar-refractivity contribution in [2.45, 2.75) is 51.2 Å². The van der Waals surface area contributed by atoms with Crippen molar-refractivity contribution in [2.24, 2.45) is 10.9 Å². The smallest absolute Gasteiger partial charge is 0.124 e. The fourth-order valence-corrected chi connectivity index (χ4v) is 6.22. The lowest BCUT2D eigenvalue weighted by atomic mass is 9.91. The zero-order valence-electron chi connectivity index (χ0n) is 21.9. The molecule has 0 N–H and O–H groups in total. The number of aliphatic imine (C=N–C) groups is 1. The molecule has 0 aromatic carbocycles. The largest absolute Gasteiger partial charge is 0.327 e. The standard InChI is InChI=1S/C29H40N6S/c1-6-24-25(7-2)35(19-22-12-11-17-34(18-22)21-28(36-5)30-8-3)27(32-24)20-33(4)26-15-9-13-23-14-10-16-31-29(23)26/h6-8,10,14,16,22,26H,1-3,9,11-13,15,17-21H2,4-5H3/t22-,26-/m0/s1. The highest BCUT2D eigenvalue weighted by Gasteiger charge is 2.28. The highest BCUT2D eigenvalue weighted by atomic mass is 32.2. The third-order valence-corrected chi connectivity index (χ3v) is 8.17. The molecule has 2 aliphatic rings.